The predicted octanol–water partition coefficient (Wildman–Crippen LogP) is 14.1. The molecule has 1 aliphatic rings. The molecule has 0 saturated heterocycles. The van der Waals surface area contributed by atoms with Gasteiger partial charge in [-0.3, -0.25) is 0 Å². The summed E-state index contributed by atoms with van der Waals surface area (Å²) in [5.41, 5.74) is 0. The molecule has 41 heavy (non-hydrogen) atoms. The van der Waals surface area contributed by atoms with Crippen molar-refractivity contribution in [3.63, 3.8) is 0 Å². The van der Waals surface area contributed by atoms with Gasteiger partial charge in [0.1, 0.15) is 6.61 Å². The first-order valence-corrected chi connectivity index (χ1v) is 19.6. The Hall–Kier alpha value is -0.530. The molecule has 1 atom stereocenters. The molecule has 1 rings (SSSR count). The highest BCUT2D eigenvalue weighted by molar-refractivity contribution is 5.77. The molecule has 0 aliphatic carbocycles. The third-order valence-corrected chi connectivity index (χ3v) is 9.40. The van der Waals surface area contributed by atoms with Gasteiger partial charge in [0.2, 0.25) is 0 Å². The van der Waals surface area contributed by atoms with Crippen LogP contribution < -0.4 is 0 Å². The number of nitrogens with zero attached hydrogens (tertiary/aromatic N) is 1. The Bertz CT molecular complexity index is 530. The molecule has 0 saturated carbocycles. The molecule has 0 aromatic rings. The molecule has 0 aromatic heterocycles. The van der Waals surface area contributed by atoms with Crippen molar-refractivity contribution in [1.82, 2.24) is 0 Å². The fourth-order valence-corrected chi connectivity index (χ4v) is 6.51. The van der Waals surface area contributed by atoms with Gasteiger partial charge in [0, 0.05) is 6.42 Å². The average molecular weight is 576 g/mol. The minimum absolute atomic E-state index is 0.456. The van der Waals surface area contributed by atoms with E-state index in [2.05, 4.69) is 13.8 Å². The molecule has 0 fully saturated rings. The largest absolute Gasteiger partial charge is 0.479 e. The van der Waals surface area contributed by atoms with E-state index in [0.29, 0.717) is 6.04 Å². The van der Waals surface area contributed by atoms with E-state index < -0.39 is 0 Å². The second kappa shape index (κ2) is 32.4. The van der Waals surface area contributed by atoms with Crippen LogP contribution in [0.25, 0.3) is 0 Å². The predicted molar refractivity (Wildman–Crippen MR) is 186 cm³/mol. The van der Waals surface area contributed by atoms with Gasteiger partial charge in [-0.1, -0.05) is 213 Å². The van der Waals surface area contributed by atoms with E-state index in [9.17, 15) is 0 Å². The Balaban J connectivity index is 1.76. The number of hydrogen-bond donors (Lipinski definition) is 0. The molecule has 0 amide bonds. The van der Waals surface area contributed by atoms with E-state index >= 15 is 0 Å². The Morgan fingerprint density at radius 3 is 1.05 bits per heavy atom. The maximum absolute atomic E-state index is 5.92. The molecule has 0 N–H and O–H groups in total. The van der Waals surface area contributed by atoms with E-state index in [-0.39, 0.29) is 0 Å². The zero-order valence-corrected chi connectivity index (χ0v) is 28.7. The van der Waals surface area contributed by atoms with Gasteiger partial charge >= 0.3 is 0 Å². The number of ether oxygens (including phenoxy) is 1. The zero-order valence-electron chi connectivity index (χ0n) is 28.7. The first-order valence-electron chi connectivity index (χ1n) is 19.6. The van der Waals surface area contributed by atoms with Crippen molar-refractivity contribution in [2.24, 2.45) is 4.99 Å². The summed E-state index contributed by atoms with van der Waals surface area (Å²) in [4.78, 5) is 4.90. The Morgan fingerprint density at radius 1 is 0.415 bits per heavy atom. The van der Waals surface area contributed by atoms with Crippen LogP contribution in [0.15, 0.2) is 4.99 Å². The lowest BCUT2D eigenvalue weighted by atomic mass is 10.0. The van der Waals surface area contributed by atoms with E-state index in [1.54, 1.807) is 0 Å². The summed E-state index contributed by atoms with van der Waals surface area (Å²) in [7, 11) is 0. The lowest BCUT2D eigenvalue weighted by Crippen LogP contribution is -2.05. The summed E-state index contributed by atoms with van der Waals surface area (Å²) in [6, 6.07) is 0.456. The molecule has 0 spiro atoms. The Labute approximate surface area is 260 Å². The highest BCUT2D eigenvalue weighted by Gasteiger charge is 2.17. The van der Waals surface area contributed by atoms with Crippen LogP contribution in [0.5, 0.6) is 0 Å². The second-order valence-corrected chi connectivity index (χ2v) is 13.6. The van der Waals surface area contributed by atoms with Crippen molar-refractivity contribution in [2.45, 2.75) is 238 Å². The number of aliphatic imine (C=N–C) groups is 1. The highest BCUT2D eigenvalue weighted by Crippen LogP contribution is 2.19. The van der Waals surface area contributed by atoms with E-state index in [4.69, 9.17) is 9.73 Å². The molecule has 0 aromatic carbocycles. The molecule has 244 valence electrons. The molecule has 1 unspecified atom stereocenters. The first-order chi connectivity index (χ1) is 20.4. The van der Waals surface area contributed by atoms with Crippen LogP contribution in [0.4, 0.5) is 0 Å². The minimum Gasteiger partial charge on any atom is -0.479 e. The monoisotopic (exact) mass is 576 g/mol. The summed E-state index contributed by atoms with van der Waals surface area (Å²) < 4.78 is 5.92. The van der Waals surface area contributed by atoms with Crippen LogP contribution in [0.3, 0.4) is 0 Å². The van der Waals surface area contributed by atoms with Crippen LogP contribution in [-0.4, -0.2) is 18.5 Å². The smallest absolute Gasteiger partial charge is 0.183 e. The maximum atomic E-state index is 5.92. The number of hydrogen-bond acceptors (Lipinski definition) is 2. The third kappa shape index (κ3) is 28.0. The van der Waals surface area contributed by atoms with E-state index in [1.807, 2.05) is 0 Å². The Kier molecular flexibility index (Phi) is 30.4. The normalized spacial score (nSPS) is 15.0. The van der Waals surface area contributed by atoms with Crippen LogP contribution in [0.1, 0.15) is 232 Å². The summed E-state index contributed by atoms with van der Waals surface area (Å²) in [6.45, 7) is 5.46. The van der Waals surface area contributed by atoms with Gasteiger partial charge in [-0.05, 0) is 12.8 Å². The molecule has 1 aliphatic heterocycles. The lowest BCUT2D eigenvalue weighted by molar-refractivity contribution is 0.301. The molecule has 2 heteroatoms. The van der Waals surface area contributed by atoms with E-state index in [0.717, 1.165) is 18.9 Å². The van der Waals surface area contributed by atoms with Gasteiger partial charge in [0.15, 0.2) is 5.90 Å². The van der Waals surface area contributed by atoms with Crippen LogP contribution in [0.2, 0.25) is 0 Å². The van der Waals surface area contributed by atoms with Crippen LogP contribution in [-0.2, 0) is 4.74 Å². The van der Waals surface area contributed by atoms with Crippen molar-refractivity contribution < 1.29 is 4.74 Å². The van der Waals surface area contributed by atoms with Crippen molar-refractivity contribution >= 4 is 5.90 Å². The number of unbranched alkanes of at least 4 members (excludes halogenated alkanes) is 30. The minimum atomic E-state index is 0.456. The summed E-state index contributed by atoms with van der Waals surface area (Å²) in [5, 5.41) is 0. The van der Waals surface area contributed by atoms with Crippen LogP contribution in [0, 0.1) is 0 Å². The van der Waals surface area contributed by atoms with Gasteiger partial charge < -0.3 is 4.74 Å². The van der Waals surface area contributed by atoms with E-state index in [1.165, 1.54) is 212 Å². The Morgan fingerprint density at radius 2 is 0.707 bits per heavy atom. The molecule has 0 radical (unpaired) electrons. The molecule has 2 nitrogen and oxygen atoms in total. The molecule has 0 bridgehead atoms. The lowest BCUT2D eigenvalue weighted by Gasteiger charge is -2.05. The van der Waals surface area contributed by atoms with Gasteiger partial charge in [-0.25, -0.2) is 4.99 Å². The maximum Gasteiger partial charge on any atom is 0.183 e. The molecule has 1 heterocycles. The van der Waals surface area contributed by atoms with Gasteiger partial charge in [-0.15, -0.1) is 0 Å². The highest BCUT2D eigenvalue weighted by atomic mass is 16.5. The van der Waals surface area contributed by atoms with Crippen molar-refractivity contribution in [1.29, 1.82) is 0 Å². The van der Waals surface area contributed by atoms with Crippen molar-refractivity contribution in [2.75, 3.05) is 6.61 Å². The van der Waals surface area contributed by atoms with Crippen LogP contribution >= 0.6 is 0 Å². The number of rotatable bonds is 34. The zero-order chi connectivity index (χ0) is 29.3. The topological polar surface area (TPSA) is 21.6 Å². The first kappa shape index (κ1) is 38.5. The fourth-order valence-electron chi connectivity index (χ4n) is 6.51. The SMILES string of the molecule is CCCCCCCCCCCCCCCCCCC1=NC(CCCCCCCCCCCCCCCCCC)CO1. The fraction of sp³-hybridized carbons (Fsp3) is 0.974. The second-order valence-electron chi connectivity index (χ2n) is 13.6. The van der Waals surface area contributed by atoms with Gasteiger partial charge in [0.25, 0.3) is 0 Å². The standard InChI is InChI=1S/C39H77NO/c1-3-5-7-9-11-13-15-17-19-21-23-25-27-29-31-33-35-38-37-41-39(40-38)36-34-32-30-28-26-24-22-20-18-16-14-12-10-8-6-4-2/h38H,3-37H2,1-2H3. The molecular formula is C39H77NO. The summed E-state index contributed by atoms with van der Waals surface area (Å²) >= 11 is 0. The summed E-state index contributed by atoms with van der Waals surface area (Å²) in [5.74, 6) is 1.07. The van der Waals surface area contributed by atoms with Crippen molar-refractivity contribution in [3.05, 3.63) is 0 Å². The van der Waals surface area contributed by atoms with Gasteiger partial charge in [-0.2, -0.15) is 0 Å². The average Bonchev–Trinajstić information content (AvgIpc) is 3.44. The summed E-state index contributed by atoms with van der Waals surface area (Å²) in [6.07, 6.45) is 48.2. The quantitative estimate of drug-likeness (QED) is 0.0699. The van der Waals surface area contributed by atoms with Gasteiger partial charge in [0.05, 0.1) is 6.04 Å². The molecular weight excluding hydrogens is 498 g/mol. The van der Waals surface area contributed by atoms with Crippen molar-refractivity contribution in [3.8, 4) is 0 Å². The third-order valence-electron chi connectivity index (χ3n) is 9.40.